The van der Waals surface area contributed by atoms with Crippen LogP contribution in [0.1, 0.15) is 0 Å². The van der Waals surface area contributed by atoms with Gasteiger partial charge in [-0.2, -0.15) is 0 Å². The number of nitrogens with zero attached hydrogens (tertiary/aromatic N) is 1. The molecule has 0 amide bonds. The quantitative estimate of drug-likeness (QED) is 0.171. The molecule has 256 valence electrons. The third kappa shape index (κ3) is 4.50. The Labute approximate surface area is 315 Å². The lowest BCUT2D eigenvalue weighted by Gasteiger charge is -2.18. The van der Waals surface area contributed by atoms with Crippen LogP contribution in [0.2, 0.25) is 0 Å². The van der Waals surface area contributed by atoms with Crippen LogP contribution >= 0.6 is 0 Å². The number of rotatable bonds is 4. The highest BCUT2D eigenvalue weighted by Crippen LogP contribution is 2.46. The molecule has 3 heteroatoms. The highest BCUT2D eigenvalue weighted by molar-refractivity contribution is 6.23. The summed E-state index contributed by atoms with van der Waals surface area (Å²) in [6.45, 7) is 0. The Hall–Kier alpha value is -7.36. The summed E-state index contributed by atoms with van der Waals surface area (Å²) in [4.78, 5) is 0. The summed E-state index contributed by atoms with van der Waals surface area (Å²) in [5.41, 5.74) is 12.0. The molecule has 0 spiro atoms. The average Bonchev–Trinajstić information content (AvgIpc) is 3.93. The summed E-state index contributed by atoms with van der Waals surface area (Å²) in [6, 6.07) is 67.3. The van der Waals surface area contributed by atoms with Crippen LogP contribution in [0.4, 0.5) is 0 Å². The number of furan rings is 2. The summed E-state index contributed by atoms with van der Waals surface area (Å²) in [5, 5.41) is 10.5. The minimum atomic E-state index is 0.855. The normalized spacial score (nSPS) is 12.0. The molecule has 0 saturated carbocycles. The lowest BCUT2D eigenvalue weighted by atomic mass is 9.85. The molecule has 0 unspecified atom stereocenters. The number of aromatic nitrogens is 1. The Kier molecular flexibility index (Phi) is 6.34. The van der Waals surface area contributed by atoms with Crippen LogP contribution in [0.25, 0.3) is 116 Å². The van der Waals surface area contributed by atoms with Gasteiger partial charge in [0.1, 0.15) is 22.5 Å². The Morgan fingerprint density at radius 1 is 0.309 bits per heavy atom. The van der Waals surface area contributed by atoms with Crippen molar-refractivity contribution in [3.05, 3.63) is 188 Å². The van der Waals surface area contributed by atoms with Gasteiger partial charge in [0, 0.05) is 38.2 Å². The van der Waals surface area contributed by atoms with Gasteiger partial charge in [0.2, 0.25) is 0 Å². The third-order valence-corrected chi connectivity index (χ3v) is 11.4. The molecule has 3 heterocycles. The smallest absolute Gasteiger partial charge is 0.136 e. The van der Waals surface area contributed by atoms with Gasteiger partial charge in [0.25, 0.3) is 0 Å². The van der Waals surface area contributed by atoms with E-state index >= 15 is 0 Å². The molecule has 3 aromatic heterocycles. The van der Waals surface area contributed by atoms with E-state index in [1.54, 1.807) is 0 Å². The zero-order valence-electron chi connectivity index (χ0n) is 29.7. The van der Waals surface area contributed by atoms with Gasteiger partial charge < -0.3 is 13.4 Å². The Morgan fingerprint density at radius 2 is 0.855 bits per heavy atom. The van der Waals surface area contributed by atoms with Crippen molar-refractivity contribution >= 4 is 76.3 Å². The molecule has 0 saturated heterocycles. The van der Waals surface area contributed by atoms with Crippen LogP contribution in [0.5, 0.6) is 0 Å². The Morgan fingerprint density at radius 3 is 1.55 bits per heavy atom. The minimum Gasteiger partial charge on any atom is -0.456 e. The molecule has 0 radical (unpaired) electrons. The van der Waals surface area contributed by atoms with Gasteiger partial charge in [-0.3, -0.25) is 0 Å². The monoisotopic (exact) mass is 701 g/mol. The first-order valence-electron chi connectivity index (χ1n) is 18.7. The summed E-state index contributed by atoms with van der Waals surface area (Å²) >= 11 is 0. The topological polar surface area (TPSA) is 31.2 Å². The minimum absolute atomic E-state index is 0.855. The number of para-hydroxylation sites is 2. The molecule has 0 atom stereocenters. The molecular weight excluding hydrogens is 671 g/mol. The molecule has 12 rings (SSSR count). The van der Waals surface area contributed by atoms with Crippen molar-refractivity contribution in [2.24, 2.45) is 0 Å². The van der Waals surface area contributed by atoms with Gasteiger partial charge in [0.15, 0.2) is 0 Å². The van der Waals surface area contributed by atoms with E-state index in [-0.39, 0.29) is 0 Å². The molecule has 0 aliphatic carbocycles. The maximum absolute atomic E-state index is 6.62. The van der Waals surface area contributed by atoms with Crippen molar-refractivity contribution in [3.63, 3.8) is 0 Å². The van der Waals surface area contributed by atoms with Crippen LogP contribution in [0, 0.1) is 0 Å². The highest BCUT2D eigenvalue weighted by atomic mass is 16.3. The van der Waals surface area contributed by atoms with E-state index in [9.17, 15) is 0 Å². The van der Waals surface area contributed by atoms with Crippen LogP contribution in [0.3, 0.4) is 0 Å². The first kappa shape index (κ1) is 30.1. The van der Waals surface area contributed by atoms with Crippen molar-refractivity contribution < 1.29 is 8.83 Å². The molecule has 0 aliphatic rings. The Balaban J connectivity index is 1.06. The number of hydrogen-bond acceptors (Lipinski definition) is 2. The summed E-state index contributed by atoms with van der Waals surface area (Å²) < 4.78 is 15.4. The van der Waals surface area contributed by atoms with Crippen LogP contribution in [-0.4, -0.2) is 4.57 Å². The molecule has 12 aromatic rings. The van der Waals surface area contributed by atoms with Gasteiger partial charge in [0.05, 0.1) is 11.0 Å². The van der Waals surface area contributed by atoms with E-state index in [4.69, 9.17) is 8.83 Å². The third-order valence-electron chi connectivity index (χ3n) is 11.4. The van der Waals surface area contributed by atoms with Crippen LogP contribution < -0.4 is 0 Å². The first-order chi connectivity index (χ1) is 27.3. The van der Waals surface area contributed by atoms with Crippen molar-refractivity contribution in [1.82, 2.24) is 4.57 Å². The molecule has 0 aliphatic heterocycles. The predicted molar refractivity (Wildman–Crippen MR) is 229 cm³/mol. The second-order valence-corrected chi connectivity index (χ2v) is 14.4. The fourth-order valence-corrected chi connectivity index (χ4v) is 8.94. The van der Waals surface area contributed by atoms with Crippen LogP contribution in [-0.2, 0) is 0 Å². The summed E-state index contributed by atoms with van der Waals surface area (Å²) in [6.07, 6.45) is 0. The molecule has 0 bridgehead atoms. The summed E-state index contributed by atoms with van der Waals surface area (Å²) in [5.74, 6) is 0.857. The van der Waals surface area contributed by atoms with Crippen molar-refractivity contribution in [1.29, 1.82) is 0 Å². The fraction of sp³-hybridized carbons (Fsp3) is 0. The largest absolute Gasteiger partial charge is 0.456 e. The molecule has 55 heavy (non-hydrogen) atoms. The molecule has 9 aromatic carbocycles. The molecule has 0 N–H and O–H groups in total. The maximum Gasteiger partial charge on any atom is 0.136 e. The average molecular weight is 702 g/mol. The highest BCUT2D eigenvalue weighted by Gasteiger charge is 2.20. The first-order valence-corrected chi connectivity index (χ1v) is 18.7. The lowest BCUT2D eigenvalue weighted by Crippen LogP contribution is -1.94. The van der Waals surface area contributed by atoms with Gasteiger partial charge in [-0.25, -0.2) is 0 Å². The number of benzene rings is 9. The number of fused-ring (bicyclic) bond motifs is 9. The van der Waals surface area contributed by atoms with Crippen molar-refractivity contribution in [2.75, 3.05) is 0 Å². The predicted octanol–water partition coefficient (Wildman–Crippen LogP) is 14.7. The van der Waals surface area contributed by atoms with E-state index in [1.165, 1.54) is 60.0 Å². The van der Waals surface area contributed by atoms with Gasteiger partial charge in [-0.1, -0.05) is 133 Å². The van der Waals surface area contributed by atoms with Crippen molar-refractivity contribution in [2.45, 2.75) is 0 Å². The van der Waals surface area contributed by atoms with Crippen LogP contribution in [0.15, 0.2) is 197 Å². The molecule has 0 fully saturated rings. The van der Waals surface area contributed by atoms with E-state index in [2.05, 4.69) is 174 Å². The van der Waals surface area contributed by atoms with E-state index in [0.29, 0.717) is 0 Å². The van der Waals surface area contributed by atoms with E-state index in [0.717, 1.165) is 55.5 Å². The zero-order valence-corrected chi connectivity index (χ0v) is 29.7. The van der Waals surface area contributed by atoms with E-state index in [1.807, 2.05) is 18.2 Å². The maximum atomic E-state index is 6.62. The molecule has 3 nitrogen and oxygen atoms in total. The standard InChI is InChI=1S/C52H31NO2/c1-3-13-32(14-4-1)47-29-35-30-50-44(31-48(35)54-47)39-26-24-34(28-49(39)55-50)52-42-20-9-7-18-40(42)51(41-19-8-10-21-43(41)52)33-23-25-38-37-17-11-12-22-45(37)53(46(38)27-33)36-15-5-2-6-16-36/h1-31H. The summed E-state index contributed by atoms with van der Waals surface area (Å²) in [7, 11) is 0. The van der Waals surface area contributed by atoms with Gasteiger partial charge in [-0.05, 0) is 98.4 Å². The Bertz CT molecular complexity index is 3420. The van der Waals surface area contributed by atoms with Crippen molar-refractivity contribution in [3.8, 4) is 39.3 Å². The zero-order chi connectivity index (χ0) is 36.0. The second kappa shape index (κ2) is 11.6. The second-order valence-electron chi connectivity index (χ2n) is 14.4. The molecular formula is C52H31NO2. The number of hydrogen-bond donors (Lipinski definition) is 0. The fourth-order valence-electron chi connectivity index (χ4n) is 8.94. The van der Waals surface area contributed by atoms with Gasteiger partial charge in [-0.15, -0.1) is 0 Å². The van der Waals surface area contributed by atoms with E-state index < -0.39 is 0 Å². The van der Waals surface area contributed by atoms with Gasteiger partial charge >= 0.3 is 0 Å². The lowest BCUT2D eigenvalue weighted by molar-refractivity contribution is 0.631. The SMILES string of the molecule is c1ccc(-c2cc3cc4oc5cc(-c6c7ccccc7c(-c7ccc8c9ccccc9n(-c9ccccc9)c8c7)c7ccccc67)ccc5c4cc3o2)cc1.